The smallest absolute Gasteiger partial charge is 0.234 e. The van der Waals surface area contributed by atoms with Gasteiger partial charge in [0.1, 0.15) is 0 Å². The van der Waals surface area contributed by atoms with Crippen LogP contribution in [0, 0.1) is 0 Å². The molecule has 134 valence electrons. The Kier molecular flexibility index (Phi) is 6.78. The van der Waals surface area contributed by atoms with Crippen molar-refractivity contribution in [2.45, 2.75) is 51.3 Å². The molecule has 2 rings (SSSR count). The number of carbonyl (C=O) groups excluding carboxylic acids is 1. The molecule has 24 heavy (non-hydrogen) atoms. The van der Waals surface area contributed by atoms with Gasteiger partial charge in [0.05, 0.1) is 25.9 Å². The summed E-state index contributed by atoms with van der Waals surface area (Å²) < 4.78 is 5.57. The molecule has 2 N–H and O–H groups in total. The van der Waals surface area contributed by atoms with E-state index in [0.717, 1.165) is 12.0 Å². The number of morpholine rings is 1. The van der Waals surface area contributed by atoms with Crippen LogP contribution < -0.4 is 5.32 Å². The maximum absolute atomic E-state index is 12.3. The topological polar surface area (TPSA) is 61.8 Å². The fraction of sp³-hybridized carbons (Fsp3) is 0.632. The highest BCUT2D eigenvalue weighted by molar-refractivity contribution is 5.78. The Hall–Kier alpha value is -1.43. The third-order valence-corrected chi connectivity index (χ3v) is 4.74. The third kappa shape index (κ3) is 5.58. The van der Waals surface area contributed by atoms with Gasteiger partial charge in [-0.15, -0.1) is 0 Å². The maximum Gasteiger partial charge on any atom is 0.234 e. The number of aliphatic hydroxyl groups excluding tert-OH is 1. The number of aliphatic hydroxyl groups is 1. The summed E-state index contributed by atoms with van der Waals surface area (Å²) in [7, 11) is 0. The van der Waals surface area contributed by atoms with Crippen molar-refractivity contribution in [1.29, 1.82) is 0 Å². The van der Waals surface area contributed by atoms with Crippen molar-refractivity contribution in [3.8, 4) is 0 Å². The second-order valence-corrected chi connectivity index (χ2v) is 7.15. The summed E-state index contributed by atoms with van der Waals surface area (Å²) in [5.74, 6) is 0.0305. The minimum atomic E-state index is -0.546. The highest BCUT2D eigenvalue weighted by Crippen LogP contribution is 2.22. The molecule has 0 aliphatic carbocycles. The molecule has 0 spiro atoms. The minimum Gasteiger partial charge on any atom is -0.388 e. The van der Waals surface area contributed by atoms with Gasteiger partial charge in [-0.05, 0) is 32.3 Å². The average molecular weight is 334 g/mol. The summed E-state index contributed by atoms with van der Waals surface area (Å²) >= 11 is 0. The van der Waals surface area contributed by atoms with Crippen LogP contribution in [0.4, 0.5) is 0 Å². The molecule has 1 aliphatic rings. The zero-order chi connectivity index (χ0) is 17.6. The molecule has 0 bridgehead atoms. The molecule has 1 aromatic carbocycles. The van der Waals surface area contributed by atoms with E-state index in [-0.39, 0.29) is 17.5 Å². The highest BCUT2D eigenvalue weighted by Gasteiger charge is 2.28. The predicted molar refractivity (Wildman–Crippen MR) is 94.7 cm³/mol. The molecule has 1 fully saturated rings. The number of hydrogen-bond donors (Lipinski definition) is 2. The van der Waals surface area contributed by atoms with Gasteiger partial charge in [-0.2, -0.15) is 0 Å². The third-order valence-electron chi connectivity index (χ3n) is 4.74. The normalized spacial score (nSPS) is 20.6. The lowest BCUT2D eigenvalue weighted by atomic mass is 10.00. The molecule has 0 saturated carbocycles. The van der Waals surface area contributed by atoms with Gasteiger partial charge in [-0.1, -0.05) is 37.3 Å². The van der Waals surface area contributed by atoms with Crippen LogP contribution in [0.15, 0.2) is 30.3 Å². The highest BCUT2D eigenvalue weighted by atomic mass is 16.5. The van der Waals surface area contributed by atoms with Gasteiger partial charge in [0.2, 0.25) is 5.91 Å². The van der Waals surface area contributed by atoms with Crippen LogP contribution in [0.1, 0.15) is 45.3 Å². The molecule has 1 heterocycles. The van der Waals surface area contributed by atoms with Crippen molar-refractivity contribution in [3.63, 3.8) is 0 Å². The summed E-state index contributed by atoms with van der Waals surface area (Å²) in [5.41, 5.74) is 0.710. The van der Waals surface area contributed by atoms with Crippen LogP contribution in [0.5, 0.6) is 0 Å². The van der Waals surface area contributed by atoms with Gasteiger partial charge < -0.3 is 15.2 Å². The van der Waals surface area contributed by atoms with E-state index >= 15 is 0 Å². The fourth-order valence-corrected chi connectivity index (χ4v) is 2.87. The number of hydrogen-bond acceptors (Lipinski definition) is 4. The predicted octanol–water partition coefficient (Wildman–Crippen LogP) is 2.12. The Labute approximate surface area is 145 Å². The first kappa shape index (κ1) is 18.9. The average Bonchev–Trinajstić information content (AvgIpc) is 2.57. The van der Waals surface area contributed by atoms with Gasteiger partial charge in [-0.3, -0.25) is 9.69 Å². The lowest BCUT2D eigenvalue weighted by Gasteiger charge is -2.37. The van der Waals surface area contributed by atoms with Gasteiger partial charge >= 0.3 is 0 Å². The summed E-state index contributed by atoms with van der Waals surface area (Å²) in [6, 6.07) is 9.68. The lowest BCUT2D eigenvalue weighted by Crippen LogP contribution is -2.53. The van der Waals surface area contributed by atoms with E-state index in [9.17, 15) is 9.90 Å². The van der Waals surface area contributed by atoms with Crippen LogP contribution in [-0.4, -0.2) is 53.8 Å². The van der Waals surface area contributed by atoms with Crippen LogP contribution in [0.3, 0.4) is 0 Å². The first-order chi connectivity index (χ1) is 11.4. The summed E-state index contributed by atoms with van der Waals surface area (Å²) in [4.78, 5) is 14.5. The Morgan fingerprint density at radius 1 is 1.42 bits per heavy atom. The van der Waals surface area contributed by atoms with E-state index in [4.69, 9.17) is 4.74 Å². The van der Waals surface area contributed by atoms with E-state index in [1.54, 1.807) is 0 Å². The summed E-state index contributed by atoms with van der Waals surface area (Å²) in [6.07, 6.45) is 0.905. The zero-order valence-corrected chi connectivity index (χ0v) is 15.0. The van der Waals surface area contributed by atoms with Crippen LogP contribution >= 0.6 is 0 Å². The van der Waals surface area contributed by atoms with Crippen LogP contribution in [-0.2, 0) is 9.53 Å². The molecule has 5 heteroatoms. The van der Waals surface area contributed by atoms with Crippen molar-refractivity contribution in [2.75, 3.05) is 26.3 Å². The molecule has 2 unspecified atom stereocenters. The van der Waals surface area contributed by atoms with Gasteiger partial charge in [-0.25, -0.2) is 0 Å². The van der Waals surface area contributed by atoms with Crippen molar-refractivity contribution < 1.29 is 14.6 Å². The molecule has 1 amide bonds. The molecule has 2 atom stereocenters. The first-order valence-electron chi connectivity index (χ1n) is 8.77. The maximum atomic E-state index is 12.3. The Morgan fingerprint density at radius 2 is 2.12 bits per heavy atom. The second kappa shape index (κ2) is 8.60. The van der Waals surface area contributed by atoms with Gasteiger partial charge in [0.25, 0.3) is 0 Å². The fourth-order valence-electron chi connectivity index (χ4n) is 2.87. The van der Waals surface area contributed by atoms with Crippen molar-refractivity contribution in [1.82, 2.24) is 10.2 Å². The van der Waals surface area contributed by atoms with Crippen molar-refractivity contribution in [2.24, 2.45) is 0 Å². The molecule has 1 saturated heterocycles. The molecule has 1 aromatic rings. The van der Waals surface area contributed by atoms with E-state index in [2.05, 4.69) is 17.1 Å². The lowest BCUT2D eigenvalue weighted by molar-refractivity contribution is -0.126. The number of benzene rings is 1. The zero-order valence-electron chi connectivity index (χ0n) is 15.0. The number of nitrogens with zero attached hydrogens (tertiary/aromatic N) is 1. The largest absolute Gasteiger partial charge is 0.388 e. The summed E-state index contributed by atoms with van der Waals surface area (Å²) in [5, 5.41) is 13.5. The van der Waals surface area contributed by atoms with E-state index < -0.39 is 6.10 Å². The molecule has 1 aliphatic heterocycles. The monoisotopic (exact) mass is 334 g/mol. The quantitative estimate of drug-likeness (QED) is 0.802. The van der Waals surface area contributed by atoms with Gasteiger partial charge in [0.15, 0.2) is 0 Å². The minimum absolute atomic E-state index is 0.0305. The van der Waals surface area contributed by atoms with Crippen LogP contribution in [0.25, 0.3) is 0 Å². The number of nitrogens with one attached hydrogen (secondary N) is 1. The Morgan fingerprint density at radius 3 is 2.79 bits per heavy atom. The molecule has 0 radical (unpaired) electrons. The molecule has 0 aromatic heterocycles. The SMILES string of the molecule is CCC(C)(C)NC(=O)CN1CCOCC1CC(O)c1ccccc1. The Bertz CT molecular complexity index is 519. The molecular formula is C19H30N2O3. The molecule has 5 nitrogen and oxygen atoms in total. The number of amides is 1. The number of carbonyl (C=O) groups is 1. The van der Waals surface area contributed by atoms with Crippen LogP contribution in [0.2, 0.25) is 0 Å². The van der Waals surface area contributed by atoms with E-state index in [0.29, 0.717) is 32.7 Å². The number of ether oxygens (including phenoxy) is 1. The van der Waals surface area contributed by atoms with Crippen molar-refractivity contribution in [3.05, 3.63) is 35.9 Å². The first-order valence-corrected chi connectivity index (χ1v) is 8.77. The van der Waals surface area contributed by atoms with Crippen molar-refractivity contribution >= 4 is 5.91 Å². The van der Waals surface area contributed by atoms with Gasteiger partial charge in [0, 0.05) is 18.1 Å². The molecular weight excluding hydrogens is 304 g/mol. The second-order valence-electron chi connectivity index (χ2n) is 7.15. The number of rotatable bonds is 7. The standard InChI is InChI=1S/C19H30N2O3/c1-4-19(2,3)20-18(23)13-21-10-11-24-14-16(21)12-17(22)15-8-6-5-7-9-15/h5-9,16-17,22H,4,10-14H2,1-3H3,(H,20,23). The summed E-state index contributed by atoms with van der Waals surface area (Å²) in [6.45, 7) is 8.36. The van der Waals surface area contributed by atoms with E-state index in [1.807, 2.05) is 44.2 Å². The van der Waals surface area contributed by atoms with E-state index in [1.165, 1.54) is 0 Å². The Balaban J connectivity index is 1.94.